The van der Waals surface area contributed by atoms with Crippen molar-refractivity contribution < 1.29 is 10.2 Å². The second-order valence-corrected chi connectivity index (χ2v) is 4.93. The standard InChI is InChI=1S/C8H8O2/c9-7-1-2-4(7)6-5(7)3(1)8(2,6)10/h1-6,9-10H. The lowest BCUT2D eigenvalue weighted by molar-refractivity contribution is -0.665. The van der Waals surface area contributed by atoms with Crippen LogP contribution >= 0.6 is 0 Å². The summed E-state index contributed by atoms with van der Waals surface area (Å²) in [6, 6.07) is 0. The molecule has 0 amide bonds. The quantitative estimate of drug-likeness (QED) is 0.458. The van der Waals surface area contributed by atoms with E-state index in [2.05, 4.69) is 0 Å². The van der Waals surface area contributed by atoms with Gasteiger partial charge in [0.25, 0.3) is 0 Å². The van der Waals surface area contributed by atoms with Crippen molar-refractivity contribution in [2.45, 2.75) is 11.2 Å². The van der Waals surface area contributed by atoms with E-state index in [-0.39, 0.29) is 11.2 Å². The summed E-state index contributed by atoms with van der Waals surface area (Å²) in [7, 11) is 0. The first-order chi connectivity index (χ1) is 4.73. The Kier molecular flexibility index (Phi) is 0.255. The van der Waals surface area contributed by atoms with Gasteiger partial charge in [-0.05, 0) is 0 Å². The van der Waals surface area contributed by atoms with Crippen molar-refractivity contribution in [2.24, 2.45) is 35.5 Å². The maximum atomic E-state index is 9.81. The second-order valence-electron chi connectivity index (χ2n) is 4.93. The first kappa shape index (κ1) is 4.07. The summed E-state index contributed by atoms with van der Waals surface area (Å²) in [5.41, 5.74) is -0.436. The summed E-state index contributed by atoms with van der Waals surface area (Å²) in [5, 5.41) is 19.6. The SMILES string of the molecule is OC12C3C4C1C1C2C3C41O. The van der Waals surface area contributed by atoms with Crippen LogP contribution in [0.1, 0.15) is 0 Å². The van der Waals surface area contributed by atoms with E-state index in [0.29, 0.717) is 35.5 Å². The van der Waals surface area contributed by atoms with Crippen LogP contribution in [0.4, 0.5) is 0 Å². The van der Waals surface area contributed by atoms with Gasteiger partial charge in [-0.1, -0.05) is 0 Å². The molecule has 0 aromatic rings. The molecule has 10 heavy (non-hydrogen) atoms. The van der Waals surface area contributed by atoms with Gasteiger partial charge in [-0.2, -0.15) is 0 Å². The van der Waals surface area contributed by atoms with Crippen molar-refractivity contribution >= 4 is 0 Å². The fourth-order valence-electron chi connectivity index (χ4n) is 5.41. The van der Waals surface area contributed by atoms with E-state index in [1.54, 1.807) is 0 Å². The molecule has 6 aliphatic rings. The topological polar surface area (TPSA) is 40.5 Å². The molecular weight excluding hydrogens is 128 g/mol. The van der Waals surface area contributed by atoms with Crippen molar-refractivity contribution in [2.75, 3.05) is 0 Å². The molecule has 52 valence electrons. The Morgan fingerprint density at radius 1 is 0.600 bits per heavy atom. The van der Waals surface area contributed by atoms with E-state index in [1.807, 2.05) is 0 Å². The van der Waals surface area contributed by atoms with Crippen molar-refractivity contribution in [3.8, 4) is 0 Å². The molecule has 0 aliphatic heterocycles. The predicted octanol–water partition coefficient (Wildman–Crippen LogP) is -0.786. The van der Waals surface area contributed by atoms with Crippen LogP contribution in [0, 0.1) is 35.5 Å². The third-order valence-corrected chi connectivity index (χ3v) is 5.53. The van der Waals surface area contributed by atoms with E-state index in [4.69, 9.17) is 0 Å². The highest BCUT2D eigenvalue weighted by molar-refractivity contribution is 5.58. The molecular formula is C8H8O2. The van der Waals surface area contributed by atoms with Crippen LogP contribution in [-0.4, -0.2) is 21.4 Å². The Balaban J connectivity index is 1.87. The molecule has 0 radical (unpaired) electrons. The maximum Gasteiger partial charge on any atom is 0.0754 e. The van der Waals surface area contributed by atoms with E-state index >= 15 is 0 Å². The Bertz CT molecular complexity index is 212. The molecule has 6 fully saturated rings. The molecule has 6 rings (SSSR count). The minimum atomic E-state index is -0.218. The Morgan fingerprint density at radius 3 is 1.00 bits per heavy atom. The predicted molar refractivity (Wildman–Crippen MR) is 30.8 cm³/mol. The van der Waals surface area contributed by atoms with Gasteiger partial charge in [0.1, 0.15) is 0 Å². The van der Waals surface area contributed by atoms with Crippen molar-refractivity contribution in [3.05, 3.63) is 0 Å². The van der Waals surface area contributed by atoms with Gasteiger partial charge in [-0.25, -0.2) is 0 Å². The molecule has 0 bridgehead atoms. The smallest absolute Gasteiger partial charge is 0.0754 e. The summed E-state index contributed by atoms with van der Waals surface area (Å²) in [5.74, 6) is 3.32. The van der Waals surface area contributed by atoms with Gasteiger partial charge in [0, 0.05) is 35.5 Å². The first-order valence-electron chi connectivity index (χ1n) is 4.18. The zero-order valence-corrected chi connectivity index (χ0v) is 5.36. The van der Waals surface area contributed by atoms with Gasteiger partial charge in [-0.3, -0.25) is 0 Å². The molecule has 2 heteroatoms. The molecule has 0 aromatic carbocycles. The van der Waals surface area contributed by atoms with Crippen LogP contribution in [0.5, 0.6) is 0 Å². The highest BCUT2D eigenvalue weighted by Gasteiger charge is 3.10. The number of aliphatic hydroxyl groups is 2. The van der Waals surface area contributed by atoms with Gasteiger partial charge in [-0.15, -0.1) is 0 Å². The Labute approximate surface area is 57.9 Å². The molecule has 6 saturated carbocycles. The van der Waals surface area contributed by atoms with Crippen LogP contribution in [0.25, 0.3) is 0 Å². The summed E-state index contributed by atoms with van der Waals surface area (Å²) in [4.78, 5) is 0. The van der Waals surface area contributed by atoms with E-state index < -0.39 is 0 Å². The van der Waals surface area contributed by atoms with Gasteiger partial charge in [0.15, 0.2) is 0 Å². The van der Waals surface area contributed by atoms with Crippen LogP contribution in [0.2, 0.25) is 0 Å². The number of rotatable bonds is 0. The fourth-order valence-corrected chi connectivity index (χ4v) is 5.41. The second kappa shape index (κ2) is 0.625. The summed E-state index contributed by atoms with van der Waals surface area (Å²) < 4.78 is 0. The number of hydrogen-bond donors (Lipinski definition) is 2. The monoisotopic (exact) mass is 136 g/mol. The minimum Gasteiger partial charge on any atom is -0.389 e. The van der Waals surface area contributed by atoms with Crippen molar-refractivity contribution in [3.63, 3.8) is 0 Å². The normalized spacial score (nSPS) is 104. The zero-order valence-electron chi connectivity index (χ0n) is 5.36. The van der Waals surface area contributed by atoms with Crippen LogP contribution in [0.15, 0.2) is 0 Å². The van der Waals surface area contributed by atoms with E-state index in [0.717, 1.165) is 0 Å². The third kappa shape index (κ3) is 0.106. The molecule has 0 atom stereocenters. The molecule has 0 heterocycles. The average molecular weight is 136 g/mol. The van der Waals surface area contributed by atoms with Gasteiger partial charge >= 0.3 is 0 Å². The van der Waals surface area contributed by atoms with Crippen LogP contribution < -0.4 is 0 Å². The first-order valence-corrected chi connectivity index (χ1v) is 4.18. The average Bonchev–Trinajstić information content (AvgIpc) is 1.99. The highest BCUT2D eigenvalue weighted by Crippen LogP contribution is 3.03. The van der Waals surface area contributed by atoms with Crippen molar-refractivity contribution in [1.29, 1.82) is 0 Å². The summed E-state index contributed by atoms with van der Waals surface area (Å²) in [6.45, 7) is 0. The molecule has 6 aliphatic carbocycles. The largest absolute Gasteiger partial charge is 0.389 e. The molecule has 0 unspecified atom stereocenters. The number of hydrogen-bond acceptors (Lipinski definition) is 2. The van der Waals surface area contributed by atoms with E-state index in [9.17, 15) is 10.2 Å². The maximum absolute atomic E-state index is 9.81. The lowest BCUT2D eigenvalue weighted by Gasteiger charge is -3.08. The third-order valence-electron chi connectivity index (χ3n) is 5.53. The molecule has 2 nitrogen and oxygen atoms in total. The summed E-state index contributed by atoms with van der Waals surface area (Å²) >= 11 is 0. The van der Waals surface area contributed by atoms with Crippen LogP contribution in [-0.2, 0) is 0 Å². The Hall–Kier alpha value is -0.0800. The van der Waals surface area contributed by atoms with E-state index in [1.165, 1.54) is 0 Å². The van der Waals surface area contributed by atoms with Gasteiger partial charge < -0.3 is 10.2 Å². The minimum absolute atomic E-state index is 0.218. The molecule has 2 N–H and O–H groups in total. The molecule has 0 aromatic heterocycles. The Morgan fingerprint density at radius 2 is 0.800 bits per heavy atom. The highest BCUT2D eigenvalue weighted by atomic mass is 16.3. The summed E-state index contributed by atoms with van der Waals surface area (Å²) in [6.07, 6.45) is 0. The molecule has 0 saturated heterocycles. The molecule has 0 spiro atoms. The lowest BCUT2D eigenvalue weighted by Crippen LogP contribution is -3.15. The van der Waals surface area contributed by atoms with Gasteiger partial charge in [0.05, 0.1) is 11.2 Å². The zero-order chi connectivity index (χ0) is 6.46. The van der Waals surface area contributed by atoms with Crippen LogP contribution in [0.3, 0.4) is 0 Å². The van der Waals surface area contributed by atoms with Gasteiger partial charge in [0.2, 0.25) is 0 Å². The fraction of sp³-hybridized carbons (Fsp3) is 1.00. The lowest BCUT2D eigenvalue weighted by atomic mass is 8.98. The van der Waals surface area contributed by atoms with Crippen molar-refractivity contribution in [1.82, 2.24) is 0 Å².